The number of benzene rings is 2. The van der Waals surface area contributed by atoms with E-state index in [1.807, 2.05) is 37.3 Å². The first kappa shape index (κ1) is 16.3. The average Bonchev–Trinajstić information content (AvgIpc) is 3.04. The van der Waals surface area contributed by atoms with Crippen LogP contribution in [-0.4, -0.2) is 24.2 Å². The fourth-order valence-corrected chi connectivity index (χ4v) is 3.43. The van der Waals surface area contributed by atoms with Crippen LogP contribution in [0, 0.1) is 6.92 Å². The van der Waals surface area contributed by atoms with Crippen molar-refractivity contribution in [2.45, 2.75) is 11.8 Å². The van der Waals surface area contributed by atoms with Crippen molar-refractivity contribution < 1.29 is 8.42 Å². The molecule has 0 atom stereocenters. The van der Waals surface area contributed by atoms with E-state index >= 15 is 0 Å². The summed E-state index contributed by atoms with van der Waals surface area (Å²) < 4.78 is 28.2. The van der Waals surface area contributed by atoms with Crippen molar-refractivity contribution >= 4 is 27.8 Å². The third kappa shape index (κ3) is 3.66. The van der Waals surface area contributed by atoms with Gasteiger partial charge in [-0.2, -0.15) is 13.5 Å². The van der Waals surface area contributed by atoms with E-state index in [2.05, 4.69) is 19.5 Å². The van der Waals surface area contributed by atoms with Crippen LogP contribution in [0.2, 0.25) is 0 Å². The summed E-state index contributed by atoms with van der Waals surface area (Å²) in [4.78, 5) is 3.18. The Morgan fingerprint density at radius 1 is 1.08 bits per heavy atom. The molecule has 0 fully saturated rings. The Hall–Kier alpha value is -2.58. The van der Waals surface area contributed by atoms with Crippen LogP contribution >= 0.6 is 11.5 Å². The molecule has 24 heavy (non-hydrogen) atoms. The Morgan fingerprint density at radius 2 is 1.79 bits per heavy atom. The molecule has 6 nitrogen and oxygen atoms in total. The molecular formula is C16H14N4O2S2. The third-order valence-corrected chi connectivity index (χ3v) is 5.27. The molecule has 1 N–H and O–H groups in total. The molecule has 0 aliphatic rings. The lowest BCUT2D eigenvalue weighted by atomic mass is 10.2. The van der Waals surface area contributed by atoms with Gasteiger partial charge in [0.25, 0.3) is 10.0 Å². The Balaban J connectivity index is 1.78. The van der Waals surface area contributed by atoms with Crippen LogP contribution < -0.4 is 4.83 Å². The predicted molar refractivity (Wildman–Crippen MR) is 94.4 cm³/mol. The molecule has 0 aliphatic carbocycles. The second-order valence-electron chi connectivity index (χ2n) is 5.02. The van der Waals surface area contributed by atoms with Gasteiger partial charge in [0, 0.05) is 0 Å². The summed E-state index contributed by atoms with van der Waals surface area (Å²) in [6, 6.07) is 16.1. The smallest absolute Gasteiger partial charge is 0.200 e. The first-order chi connectivity index (χ1) is 11.6. The van der Waals surface area contributed by atoms with Gasteiger partial charge in [0.05, 0.1) is 16.0 Å². The van der Waals surface area contributed by atoms with Gasteiger partial charge in [-0.25, -0.2) is 4.83 Å². The SMILES string of the molecule is Cc1ccc(S(=O)(=O)N/N=C/c2nnsc2-c2ccccc2)cc1. The predicted octanol–water partition coefficient (Wildman–Crippen LogP) is 2.83. The zero-order valence-corrected chi connectivity index (χ0v) is 14.4. The summed E-state index contributed by atoms with van der Waals surface area (Å²) in [6.07, 6.45) is 1.36. The van der Waals surface area contributed by atoms with Crippen LogP contribution in [0.5, 0.6) is 0 Å². The number of aromatic nitrogens is 2. The fourth-order valence-electron chi connectivity index (χ4n) is 2.00. The van der Waals surface area contributed by atoms with Crippen LogP contribution in [0.3, 0.4) is 0 Å². The monoisotopic (exact) mass is 358 g/mol. The number of rotatable bonds is 5. The van der Waals surface area contributed by atoms with Crippen molar-refractivity contribution in [1.82, 2.24) is 14.4 Å². The third-order valence-electron chi connectivity index (χ3n) is 3.24. The van der Waals surface area contributed by atoms with Crippen LogP contribution in [-0.2, 0) is 10.0 Å². The molecule has 0 aliphatic heterocycles. The van der Waals surface area contributed by atoms with Gasteiger partial charge in [0.15, 0.2) is 0 Å². The zero-order chi connectivity index (χ0) is 17.0. The van der Waals surface area contributed by atoms with Gasteiger partial charge in [-0.1, -0.05) is 52.5 Å². The first-order valence-electron chi connectivity index (χ1n) is 7.05. The van der Waals surface area contributed by atoms with Gasteiger partial charge >= 0.3 is 0 Å². The lowest BCUT2D eigenvalue weighted by Crippen LogP contribution is -2.18. The van der Waals surface area contributed by atoms with Crippen molar-refractivity contribution in [3.8, 4) is 10.4 Å². The fraction of sp³-hybridized carbons (Fsp3) is 0.0625. The molecule has 3 aromatic rings. The number of nitrogens with zero attached hydrogens (tertiary/aromatic N) is 3. The molecule has 0 spiro atoms. The van der Waals surface area contributed by atoms with Gasteiger partial charge < -0.3 is 0 Å². The lowest BCUT2D eigenvalue weighted by molar-refractivity contribution is 0.584. The Morgan fingerprint density at radius 3 is 2.50 bits per heavy atom. The van der Waals surface area contributed by atoms with Crippen LogP contribution in [0.15, 0.2) is 64.6 Å². The van der Waals surface area contributed by atoms with Gasteiger partial charge in [0.2, 0.25) is 0 Å². The zero-order valence-electron chi connectivity index (χ0n) is 12.7. The Bertz CT molecular complexity index is 949. The second kappa shape index (κ2) is 6.90. The van der Waals surface area contributed by atoms with Crippen LogP contribution in [0.1, 0.15) is 11.3 Å². The van der Waals surface area contributed by atoms with Gasteiger partial charge in [-0.15, -0.1) is 5.10 Å². The summed E-state index contributed by atoms with van der Waals surface area (Å²) in [5, 5.41) is 7.79. The molecule has 3 rings (SSSR count). The molecule has 0 saturated heterocycles. The molecule has 122 valence electrons. The van der Waals surface area contributed by atoms with Crippen molar-refractivity contribution in [2.75, 3.05) is 0 Å². The first-order valence-corrected chi connectivity index (χ1v) is 9.31. The molecule has 0 amide bonds. The summed E-state index contributed by atoms with van der Waals surface area (Å²) in [6.45, 7) is 1.89. The lowest BCUT2D eigenvalue weighted by Gasteiger charge is -2.03. The Kier molecular flexibility index (Phi) is 4.68. The molecule has 8 heteroatoms. The molecular weight excluding hydrogens is 344 g/mol. The maximum atomic E-state index is 12.2. The van der Waals surface area contributed by atoms with Crippen molar-refractivity contribution in [3.63, 3.8) is 0 Å². The van der Waals surface area contributed by atoms with Crippen molar-refractivity contribution in [1.29, 1.82) is 0 Å². The van der Waals surface area contributed by atoms with Gasteiger partial charge in [-0.05, 0) is 36.2 Å². The minimum absolute atomic E-state index is 0.157. The number of aryl methyl sites for hydroxylation is 1. The summed E-state index contributed by atoms with van der Waals surface area (Å²) in [5.41, 5.74) is 2.45. The second-order valence-corrected chi connectivity index (χ2v) is 7.43. The van der Waals surface area contributed by atoms with E-state index in [1.165, 1.54) is 29.9 Å². The summed E-state index contributed by atoms with van der Waals surface area (Å²) >= 11 is 1.23. The molecule has 0 saturated carbocycles. The van der Waals surface area contributed by atoms with Crippen LogP contribution in [0.4, 0.5) is 0 Å². The highest BCUT2D eigenvalue weighted by atomic mass is 32.2. The molecule has 1 aromatic heterocycles. The molecule has 0 bridgehead atoms. The number of hydrogen-bond donors (Lipinski definition) is 1. The van der Waals surface area contributed by atoms with Gasteiger partial charge in [0.1, 0.15) is 5.69 Å². The number of hydrogen-bond acceptors (Lipinski definition) is 6. The van der Waals surface area contributed by atoms with E-state index in [0.29, 0.717) is 5.69 Å². The molecule has 1 heterocycles. The summed E-state index contributed by atoms with van der Waals surface area (Å²) in [7, 11) is -3.70. The molecule has 0 unspecified atom stereocenters. The molecule has 2 aromatic carbocycles. The average molecular weight is 358 g/mol. The highest BCUT2D eigenvalue weighted by molar-refractivity contribution is 7.89. The maximum Gasteiger partial charge on any atom is 0.276 e. The van der Waals surface area contributed by atoms with E-state index in [4.69, 9.17) is 0 Å². The topological polar surface area (TPSA) is 84.3 Å². The van der Waals surface area contributed by atoms with Crippen LogP contribution in [0.25, 0.3) is 10.4 Å². The normalized spacial score (nSPS) is 11.7. The Labute approximate surface area is 144 Å². The molecule has 0 radical (unpaired) electrons. The highest BCUT2D eigenvalue weighted by Gasteiger charge is 2.13. The minimum Gasteiger partial charge on any atom is -0.200 e. The maximum absolute atomic E-state index is 12.2. The standard InChI is InChI=1S/C16H14N4O2S2/c1-12-7-9-14(10-8-12)24(21,22)20-17-11-15-16(23-19-18-15)13-5-3-2-4-6-13/h2-11,20H,1H3/b17-11+. The van der Waals surface area contributed by atoms with E-state index in [-0.39, 0.29) is 4.90 Å². The minimum atomic E-state index is -3.70. The number of sulfonamides is 1. The van der Waals surface area contributed by atoms with E-state index in [1.54, 1.807) is 12.1 Å². The van der Waals surface area contributed by atoms with E-state index < -0.39 is 10.0 Å². The van der Waals surface area contributed by atoms with Crippen molar-refractivity contribution in [2.24, 2.45) is 5.10 Å². The van der Waals surface area contributed by atoms with Crippen molar-refractivity contribution in [3.05, 3.63) is 65.9 Å². The largest absolute Gasteiger partial charge is 0.276 e. The number of hydrazone groups is 1. The van der Waals surface area contributed by atoms with E-state index in [0.717, 1.165) is 16.0 Å². The number of nitrogens with one attached hydrogen (secondary N) is 1. The van der Waals surface area contributed by atoms with Gasteiger partial charge in [-0.3, -0.25) is 0 Å². The quantitative estimate of drug-likeness (QED) is 0.561. The highest BCUT2D eigenvalue weighted by Crippen LogP contribution is 2.24. The van der Waals surface area contributed by atoms with E-state index in [9.17, 15) is 8.42 Å². The summed E-state index contributed by atoms with van der Waals surface area (Å²) in [5.74, 6) is 0.